The van der Waals surface area contributed by atoms with Gasteiger partial charge in [0.05, 0.1) is 0 Å². The molecule has 2 rings (SSSR count). The Morgan fingerprint density at radius 3 is 2.62 bits per heavy atom. The first-order valence-corrected chi connectivity index (χ1v) is 3.62. The highest BCUT2D eigenvalue weighted by molar-refractivity contribution is 5.69. The maximum Gasteiger partial charge on any atom is 0.196 e. The summed E-state index contributed by atoms with van der Waals surface area (Å²) in [7, 11) is 0. The van der Waals surface area contributed by atoms with Crippen LogP contribution < -0.4 is 5.73 Å². The van der Waals surface area contributed by atoms with Gasteiger partial charge in [-0.15, -0.1) is 0 Å². The lowest BCUT2D eigenvalue weighted by molar-refractivity contribution is 0.310. The van der Waals surface area contributed by atoms with Crippen LogP contribution in [0, 0.1) is 5.82 Å². The summed E-state index contributed by atoms with van der Waals surface area (Å²) in [6, 6.07) is 6.16. The van der Waals surface area contributed by atoms with Gasteiger partial charge in [0.15, 0.2) is 11.5 Å². The molecule has 0 aliphatic heterocycles. The third kappa shape index (κ3) is 1.24. The van der Waals surface area contributed by atoms with E-state index < -0.39 is 5.82 Å². The molecule has 0 spiro atoms. The minimum atomic E-state index is -0.398. The van der Waals surface area contributed by atoms with Gasteiger partial charge in [0.25, 0.3) is 0 Å². The summed E-state index contributed by atoms with van der Waals surface area (Å²) in [4.78, 5) is 0. The monoisotopic (exact) mass is 179 g/mol. The molecule has 0 atom stereocenters. The minimum Gasteiger partial charge on any atom is -0.379 e. The van der Waals surface area contributed by atoms with Crippen molar-refractivity contribution < 1.29 is 9.02 Å². The van der Waals surface area contributed by atoms with Crippen molar-refractivity contribution in [2.45, 2.75) is 0 Å². The van der Waals surface area contributed by atoms with Crippen LogP contribution in [0.2, 0.25) is 0 Å². The zero-order valence-electron chi connectivity index (χ0n) is 6.57. The zero-order valence-corrected chi connectivity index (χ0v) is 6.57. The fourth-order valence-electron chi connectivity index (χ4n) is 1.04. The molecular weight excluding hydrogens is 173 g/mol. The predicted molar refractivity (Wildman–Crippen MR) is 44.1 cm³/mol. The van der Waals surface area contributed by atoms with Gasteiger partial charge < -0.3 is 5.73 Å². The number of nitrogens with two attached hydrogens (primary N) is 1. The molecule has 4 nitrogen and oxygen atoms in total. The maximum atomic E-state index is 13.2. The van der Waals surface area contributed by atoms with E-state index in [4.69, 9.17) is 5.73 Å². The van der Waals surface area contributed by atoms with Gasteiger partial charge in [-0.05, 0) is 22.4 Å². The molecule has 0 bridgehead atoms. The van der Waals surface area contributed by atoms with E-state index >= 15 is 0 Å². The van der Waals surface area contributed by atoms with E-state index in [0.717, 1.165) is 0 Å². The third-order valence-corrected chi connectivity index (χ3v) is 1.64. The molecule has 0 saturated carbocycles. The molecule has 0 aliphatic rings. The number of rotatable bonds is 1. The van der Waals surface area contributed by atoms with Crippen LogP contribution in [-0.2, 0) is 0 Å². The van der Waals surface area contributed by atoms with Crippen LogP contribution in [0.3, 0.4) is 0 Å². The molecule has 0 radical (unpaired) electrons. The van der Waals surface area contributed by atoms with Crippen LogP contribution in [0.25, 0.3) is 11.3 Å². The number of anilines is 1. The van der Waals surface area contributed by atoms with Crippen LogP contribution in [0.5, 0.6) is 0 Å². The summed E-state index contributed by atoms with van der Waals surface area (Å²) in [5, 5.41) is 6.85. The van der Waals surface area contributed by atoms with Gasteiger partial charge in [-0.1, -0.05) is 12.1 Å². The number of aromatic nitrogens is 2. The summed E-state index contributed by atoms with van der Waals surface area (Å²) in [5.41, 5.74) is 5.93. The smallest absolute Gasteiger partial charge is 0.196 e. The first-order chi connectivity index (χ1) is 6.29. The lowest BCUT2D eigenvalue weighted by Gasteiger charge is -1.96. The van der Waals surface area contributed by atoms with Crippen molar-refractivity contribution in [2.75, 3.05) is 5.73 Å². The van der Waals surface area contributed by atoms with E-state index in [2.05, 4.69) is 14.9 Å². The topological polar surface area (TPSA) is 64.9 Å². The average molecular weight is 179 g/mol. The average Bonchev–Trinajstić information content (AvgIpc) is 2.52. The van der Waals surface area contributed by atoms with Gasteiger partial charge in [0.1, 0.15) is 5.82 Å². The molecule has 1 aromatic heterocycles. The highest BCUT2D eigenvalue weighted by Crippen LogP contribution is 2.24. The van der Waals surface area contributed by atoms with Crippen molar-refractivity contribution in [1.82, 2.24) is 10.3 Å². The maximum absolute atomic E-state index is 13.2. The van der Waals surface area contributed by atoms with Crippen LogP contribution >= 0.6 is 0 Å². The molecular formula is C8H6FN3O. The summed E-state index contributed by atoms with van der Waals surface area (Å²) < 4.78 is 17.5. The molecule has 0 saturated heterocycles. The largest absolute Gasteiger partial charge is 0.379 e. The lowest BCUT2D eigenvalue weighted by atomic mass is 10.1. The second-order valence-electron chi connectivity index (χ2n) is 2.48. The van der Waals surface area contributed by atoms with Crippen molar-refractivity contribution in [2.24, 2.45) is 0 Å². The highest BCUT2D eigenvalue weighted by atomic mass is 19.1. The number of benzene rings is 1. The SMILES string of the molecule is Nc1nonc1-c1ccccc1F. The minimum absolute atomic E-state index is 0.0881. The highest BCUT2D eigenvalue weighted by Gasteiger charge is 2.12. The van der Waals surface area contributed by atoms with Gasteiger partial charge in [0, 0.05) is 5.56 Å². The standard InChI is InChI=1S/C8H6FN3O/c9-6-4-2-1-3-5(6)7-8(10)12-13-11-7/h1-4H,(H2,10,12). The van der Waals surface area contributed by atoms with Crippen molar-refractivity contribution in [3.05, 3.63) is 30.1 Å². The van der Waals surface area contributed by atoms with Gasteiger partial charge >= 0.3 is 0 Å². The molecule has 1 aromatic carbocycles. The number of nitrogen functional groups attached to an aromatic ring is 1. The summed E-state index contributed by atoms with van der Waals surface area (Å²) in [6.45, 7) is 0. The normalized spacial score (nSPS) is 10.2. The lowest BCUT2D eigenvalue weighted by Crippen LogP contribution is -1.90. The van der Waals surface area contributed by atoms with E-state index in [9.17, 15) is 4.39 Å². The van der Waals surface area contributed by atoms with Crippen LogP contribution in [0.1, 0.15) is 0 Å². The Balaban J connectivity index is 2.59. The molecule has 1 heterocycles. The van der Waals surface area contributed by atoms with Crippen LogP contribution in [0.4, 0.5) is 10.2 Å². The Kier molecular flexibility index (Phi) is 1.70. The van der Waals surface area contributed by atoms with E-state index in [0.29, 0.717) is 5.56 Å². The number of nitrogens with zero attached hydrogens (tertiary/aromatic N) is 2. The zero-order chi connectivity index (χ0) is 9.26. The van der Waals surface area contributed by atoms with Gasteiger partial charge in [-0.25, -0.2) is 9.02 Å². The summed E-state index contributed by atoms with van der Waals surface area (Å²) >= 11 is 0. The Labute approximate surface area is 73.1 Å². The van der Waals surface area contributed by atoms with Gasteiger partial charge in [-0.2, -0.15) is 0 Å². The Hall–Kier alpha value is -1.91. The predicted octanol–water partition coefficient (Wildman–Crippen LogP) is 1.46. The van der Waals surface area contributed by atoms with Crippen molar-refractivity contribution in [1.29, 1.82) is 0 Å². The number of halogens is 1. The second kappa shape index (κ2) is 2.85. The van der Waals surface area contributed by atoms with E-state index in [1.165, 1.54) is 6.07 Å². The van der Waals surface area contributed by atoms with Crippen molar-refractivity contribution >= 4 is 5.82 Å². The molecule has 0 amide bonds. The Morgan fingerprint density at radius 2 is 2.00 bits per heavy atom. The summed E-state index contributed by atoms with van der Waals surface area (Å²) in [6.07, 6.45) is 0. The Morgan fingerprint density at radius 1 is 1.23 bits per heavy atom. The number of hydrogen-bond donors (Lipinski definition) is 1. The second-order valence-corrected chi connectivity index (χ2v) is 2.48. The van der Waals surface area contributed by atoms with Crippen molar-refractivity contribution in [3.8, 4) is 11.3 Å². The first-order valence-electron chi connectivity index (χ1n) is 3.62. The Bertz CT molecular complexity index is 427. The quantitative estimate of drug-likeness (QED) is 0.719. The summed E-state index contributed by atoms with van der Waals surface area (Å²) in [5.74, 6) is -0.310. The molecule has 0 aliphatic carbocycles. The van der Waals surface area contributed by atoms with E-state index in [-0.39, 0.29) is 11.5 Å². The van der Waals surface area contributed by atoms with Crippen molar-refractivity contribution in [3.63, 3.8) is 0 Å². The molecule has 66 valence electrons. The fourth-order valence-corrected chi connectivity index (χ4v) is 1.04. The molecule has 5 heteroatoms. The van der Waals surface area contributed by atoms with Crippen LogP contribution in [0.15, 0.2) is 28.9 Å². The third-order valence-electron chi connectivity index (χ3n) is 1.64. The van der Waals surface area contributed by atoms with Gasteiger partial charge in [-0.3, -0.25) is 0 Å². The number of hydrogen-bond acceptors (Lipinski definition) is 4. The van der Waals surface area contributed by atoms with Crippen LogP contribution in [-0.4, -0.2) is 10.3 Å². The van der Waals surface area contributed by atoms with Gasteiger partial charge in [0.2, 0.25) is 0 Å². The molecule has 0 unspecified atom stereocenters. The van der Waals surface area contributed by atoms with E-state index in [1.807, 2.05) is 0 Å². The molecule has 2 N–H and O–H groups in total. The van der Waals surface area contributed by atoms with E-state index in [1.54, 1.807) is 18.2 Å². The molecule has 13 heavy (non-hydrogen) atoms. The molecule has 2 aromatic rings. The molecule has 0 fully saturated rings. The fraction of sp³-hybridized carbons (Fsp3) is 0. The first kappa shape index (κ1) is 7.72.